The number of nitrogens with zero attached hydrogens (tertiary/aromatic N) is 2. The molecule has 2 heterocycles. The third-order valence-corrected chi connectivity index (χ3v) is 5.08. The number of carbonyl (C=O) groups excluding carboxylic acids is 1. The molecule has 0 saturated carbocycles. The second kappa shape index (κ2) is 9.70. The Morgan fingerprint density at radius 3 is 2.76 bits per heavy atom. The first-order valence-electron chi connectivity index (χ1n) is 9.83. The van der Waals surface area contributed by atoms with Crippen LogP contribution in [0.15, 0.2) is 74.4 Å². The van der Waals surface area contributed by atoms with Crippen LogP contribution in [0.25, 0.3) is 6.08 Å². The molecule has 0 bridgehead atoms. The zero-order valence-electron chi connectivity index (χ0n) is 17.3. The maximum Gasteiger partial charge on any atom is 0.363 e. The quantitative estimate of drug-likeness (QED) is 0.174. The van der Waals surface area contributed by atoms with E-state index in [2.05, 4.69) is 20.9 Å². The van der Waals surface area contributed by atoms with Gasteiger partial charge in [-0.2, -0.15) is 0 Å². The summed E-state index contributed by atoms with van der Waals surface area (Å²) in [4.78, 5) is 27.0. The van der Waals surface area contributed by atoms with E-state index in [9.17, 15) is 14.9 Å². The van der Waals surface area contributed by atoms with Gasteiger partial charge in [-0.15, -0.1) is 0 Å². The molecule has 0 spiro atoms. The number of non-ortho nitro benzene ring substituents is 1. The molecule has 0 atom stereocenters. The molecule has 9 nitrogen and oxygen atoms in total. The van der Waals surface area contributed by atoms with Crippen LogP contribution < -0.4 is 9.47 Å². The molecule has 0 radical (unpaired) electrons. The zero-order valence-corrected chi connectivity index (χ0v) is 18.9. The average molecular weight is 513 g/mol. The molecular formula is C23H17BrN2O7. The summed E-state index contributed by atoms with van der Waals surface area (Å²) in [5, 5.41) is 11.0. The number of furan rings is 1. The number of esters is 1. The lowest BCUT2D eigenvalue weighted by Crippen LogP contribution is -2.04. The van der Waals surface area contributed by atoms with Crippen LogP contribution in [0.5, 0.6) is 11.5 Å². The number of nitro groups is 1. The van der Waals surface area contributed by atoms with Gasteiger partial charge in [0.25, 0.3) is 11.6 Å². The van der Waals surface area contributed by atoms with Crippen molar-refractivity contribution in [2.24, 2.45) is 4.99 Å². The highest BCUT2D eigenvalue weighted by molar-refractivity contribution is 9.10. The van der Waals surface area contributed by atoms with Gasteiger partial charge in [-0.25, -0.2) is 9.79 Å². The zero-order chi connectivity index (χ0) is 23.4. The van der Waals surface area contributed by atoms with E-state index in [4.69, 9.17) is 18.6 Å². The minimum absolute atomic E-state index is 0.0138. The van der Waals surface area contributed by atoms with Gasteiger partial charge in [-0.05, 0) is 64.3 Å². The smallest absolute Gasteiger partial charge is 0.363 e. The summed E-state index contributed by atoms with van der Waals surface area (Å²) >= 11 is 3.48. The Hall–Kier alpha value is -3.92. The van der Waals surface area contributed by atoms with Crippen LogP contribution in [0.2, 0.25) is 0 Å². The van der Waals surface area contributed by atoms with Gasteiger partial charge in [-0.3, -0.25) is 10.1 Å². The molecule has 0 unspecified atom stereocenters. The highest BCUT2D eigenvalue weighted by Crippen LogP contribution is 2.38. The van der Waals surface area contributed by atoms with Crippen molar-refractivity contribution in [3.63, 3.8) is 0 Å². The van der Waals surface area contributed by atoms with Gasteiger partial charge in [0.15, 0.2) is 23.0 Å². The molecule has 0 N–H and O–H groups in total. The van der Waals surface area contributed by atoms with Crippen molar-refractivity contribution in [1.29, 1.82) is 0 Å². The summed E-state index contributed by atoms with van der Waals surface area (Å²) in [5.74, 6) is 0.719. The molecule has 1 aliphatic rings. The fourth-order valence-corrected chi connectivity index (χ4v) is 3.64. The van der Waals surface area contributed by atoms with E-state index in [0.717, 1.165) is 0 Å². The van der Waals surface area contributed by atoms with Gasteiger partial charge < -0.3 is 18.6 Å². The second-order valence-electron chi connectivity index (χ2n) is 6.79. The number of cyclic esters (lactones) is 1. The number of nitro benzene ring substituents is 1. The Labute approximate surface area is 196 Å². The number of rotatable bonds is 8. The number of carbonyl (C=O) groups is 1. The summed E-state index contributed by atoms with van der Waals surface area (Å²) in [6.07, 6.45) is 3.03. The molecule has 0 amide bonds. The fourth-order valence-electron chi connectivity index (χ4n) is 3.06. The van der Waals surface area contributed by atoms with Crippen molar-refractivity contribution in [3.05, 3.63) is 92.0 Å². The second-order valence-corrected chi connectivity index (χ2v) is 7.65. The normalized spacial score (nSPS) is 14.2. The van der Waals surface area contributed by atoms with E-state index in [-0.39, 0.29) is 23.9 Å². The molecule has 1 aliphatic heterocycles. The van der Waals surface area contributed by atoms with Gasteiger partial charge >= 0.3 is 5.97 Å². The molecule has 0 saturated heterocycles. The maximum atomic E-state index is 12.2. The van der Waals surface area contributed by atoms with Crippen LogP contribution >= 0.6 is 15.9 Å². The third kappa shape index (κ3) is 5.12. The van der Waals surface area contributed by atoms with Crippen LogP contribution in [-0.4, -0.2) is 23.4 Å². The highest BCUT2D eigenvalue weighted by Gasteiger charge is 2.26. The van der Waals surface area contributed by atoms with Gasteiger partial charge in [-0.1, -0.05) is 12.1 Å². The van der Waals surface area contributed by atoms with Crippen molar-refractivity contribution < 1.29 is 28.3 Å². The van der Waals surface area contributed by atoms with Crippen molar-refractivity contribution in [2.45, 2.75) is 13.5 Å². The monoisotopic (exact) mass is 512 g/mol. The number of halogens is 1. The summed E-state index contributed by atoms with van der Waals surface area (Å²) < 4.78 is 22.6. The number of benzene rings is 2. The number of aliphatic imine (C=N–C) groups is 1. The van der Waals surface area contributed by atoms with Crippen LogP contribution in [0.3, 0.4) is 0 Å². The Kier molecular flexibility index (Phi) is 6.55. The van der Waals surface area contributed by atoms with E-state index in [1.807, 2.05) is 6.92 Å². The molecule has 33 heavy (non-hydrogen) atoms. The first kappa shape index (κ1) is 22.3. The minimum atomic E-state index is -0.596. The predicted molar refractivity (Wildman–Crippen MR) is 122 cm³/mol. The molecule has 0 fully saturated rings. The number of hydrogen-bond donors (Lipinski definition) is 0. The predicted octanol–water partition coefficient (Wildman–Crippen LogP) is 5.27. The fraction of sp³-hybridized carbons (Fsp3) is 0.130. The lowest BCUT2D eigenvalue weighted by molar-refractivity contribution is -0.384. The first-order valence-corrected chi connectivity index (χ1v) is 10.6. The largest absolute Gasteiger partial charge is 0.490 e. The standard InChI is InChI=1S/C23H17BrN2O7/c1-2-30-20-12-15(11-18-23(27)33-22(25-18)19-7-4-8-31-19)10-17(24)21(20)32-13-14-5-3-6-16(9-14)26(28)29/h3-12H,2,13H2,1H3/b18-11-. The molecule has 168 valence electrons. The first-order chi connectivity index (χ1) is 15.9. The van der Waals surface area contributed by atoms with E-state index < -0.39 is 10.9 Å². The number of ether oxygens (including phenoxy) is 3. The van der Waals surface area contributed by atoms with E-state index in [1.165, 1.54) is 18.4 Å². The number of hydrogen-bond acceptors (Lipinski definition) is 8. The minimum Gasteiger partial charge on any atom is -0.490 e. The molecule has 0 aliphatic carbocycles. The van der Waals surface area contributed by atoms with Gasteiger partial charge in [0, 0.05) is 12.1 Å². The molecule has 2 aromatic carbocycles. The Balaban J connectivity index is 1.59. The average Bonchev–Trinajstić information content (AvgIpc) is 3.44. The van der Waals surface area contributed by atoms with E-state index >= 15 is 0 Å². The lowest BCUT2D eigenvalue weighted by Gasteiger charge is -2.15. The Morgan fingerprint density at radius 1 is 1.18 bits per heavy atom. The summed E-state index contributed by atoms with van der Waals surface area (Å²) in [6, 6.07) is 13.0. The van der Waals surface area contributed by atoms with Crippen molar-refractivity contribution >= 4 is 39.6 Å². The van der Waals surface area contributed by atoms with E-state index in [0.29, 0.717) is 39.5 Å². The van der Waals surface area contributed by atoms with Gasteiger partial charge in [0.05, 0.1) is 22.3 Å². The molecule has 3 aromatic rings. The highest BCUT2D eigenvalue weighted by atomic mass is 79.9. The Morgan fingerprint density at radius 2 is 2.03 bits per heavy atom. The molecule has 1 aromatic heterocycles. The Bertz CT molecular complexity index is 1270. The van der Waals surface area contributed by atoms with Crippen molar-refractivity contribution in [1.82, 2.24) is 0 Å². The van der Waals surface area contributed by atoms with Crippen LogP contribution in [0.1, 0.15) is 23.8 Å². The lowest BCUT2D eigenvalue weighted by atomic mass is 10.1. The topological polar surface area (TPSA) is 113 Å². The van der Waals surface area contributed by atoms with Crippen LogP contribution in [0, 0.1) is 10.1 Å². The van der Waals surface area contributed by atoms with E-state index in [1.54, 1.807) is 42.5 Å². The summed E-state index contributed by atoms with van der Waals surface area (Å²) in [5.41, 5.74) is 1.36. The summed E-state index contributed by atoms with van der Waals surface area (Å²) in [6.45, 7) is 2.31. The SMILES string of the molecule is CCOc1cc(/C=C2\N=C(c3ccco3)OC2=O)cc(Br)c1OCc1cccc([N+](=O)[O-])c1. The van der Waals surface area contributed by atoms with Crippen LogP contribution in [-0.2, 0) is 16.1 Å². The molecule has 4 rings (SSSR count). The van der Waals surface area contributed by atoms with Gasteiger partial charge in [0.1, 0.15) is 6.61 Å². The maximum absolute atomic E-state index is 12.2. The summed E-state index contributed by atoms with van der Waals surface area (Å²) in [7, 11) is 0. The van der Waals surface area contributed by atoms with Crippen molar-refractivity contribution in [2.75, 3.05) is 6.61 Å². The van der Waals surface area contributed by atoms with Gasteiger partial charge in [0.2, 0.25) is 0 Å². The van der Waals surface area contributed by atoms with Crippen molar-refractivity contribution in [3.8, 4) is 11.5 Å². The molecule has 10 heteroatoms. The third-order valence-electron chi connectivity index (χ3n) is 4.49. The van der Waals surface area contributed by atoms with Crippen LogP contribution in [0.4, 0.5) is 5.69 Å². The molecular weight excluding hydrogens is 496 g/mol.